The van der Waals surface area contributed by atoms with Gasteiger partial charge < -0.3 is 24.8 Å². The first-order chi connectivity index (χ1) is 10.8. The molecule has 128 valence electrons. The molecule has 0 saturated carbocycles. The van der Waals surface area contributed by atoms with Crippen molar-refractivity contribution in [2.45, 2.75) is 38.5 Å². The van der Waals surface area contributed by atoms with Gasteiger partial charge in [-0.2, -0.15) is 0 Å². The smallest absolute Gasteiger partial charge is 0.410 e. The average Bonchev–Trinajstić information content (AvgIpc) is 2.84. The Morgan fingerprint density at radius 2 is 2.00 bits per heavy atom. The lowest BCUT2D eigenvalue weighted by molar-refractivity contribution is 0.0270. The Bertz CT molecular complexity index is 501. The summed E-state index contributed by atoms with van der Waals surface area (Å²) in [6.07, 6.45) is -0.986. The van der Waals surface area contributed by atoms with Gasteiger partial charge in [0.2, 0.25) is 0 Å². The van der Waals surface area contributed by atoms with E-state index in [4.69, 9.17) is 9.47 Å². The summed E-state index contributed by atoms with van der Waals surface area (Å²) in [5.74, 6) is 0.816. The maximum Gasteiger partial charge on any atom is 0.410 e. The minimum absolute atomic E-state index is 0.165. The molecule has 1 aromatic carbocycles. The van der Waals surface area contributed by atoms with Crippen molar-refractivity contribution in [3.8, 4) is 5.75 Å². The number of aliphatic hydroxyl groups is 1. The van der Waals surface area contributed by atoms with Crippen LogP contribution in [0.25, 0.3) is 0 Å². The van der Waals surface area contributed by atoms with Crippen LogP contribution in [0.2, 0.25) is 0 Å². The first-order valence-corrected chi connectivity index (χ1v) is 7.92. The predicted octanol–water partition coefficient (Wildman–Crippen LogP) is 1.64. The fraction of sp³-hybridized carbons (Fsp3) is 0.588. The van der Waals surface area contributed by atoms with Crippen LogP contribution in [0, 0.1) is 0 Å². The van der Waals surface area contributed by atoms with Gasteiger partial charge in [0.25, 0.3) is 0 Å². The second kappa shape index (κ2) is 7.66. The zero-order valence-corrected chi connectivity index (χ0v) is 14.0. The molecule has 1 aliphatic rings. The molecule has 6 nitrogen and oxygen atoms in total. The second-order valence-electron chi connectivity index (χ2n) is 6.67. The molecule has 0 radical (unpaired) electrons. The Kier molecular flexibility index (Phi) is 5.85. The van der Waals surface area contributed by atoms with Crippen molar-refractivity contribution in [2.24, 2.45) is 0 Å². The highest BCUT2D eigenvalue weighted by Crippen LogP contribution is 2.16. The van der Waals surface area contributed by atoms with Gasteiger partial charge in [-0.05, 0) is 32.9 Å². The van der Waals surface area contributed by atoms with Gasteiger partial charge in [-0.3, -0.25) is 0 Å². The summed E-state index contributed by atoms with van der Waals surface area (Å²) in [5, 5.41) is 13.3. The SMILES string of the molecule is CC(C)(C)OC(=O)N1C[C@@H](O)[C@H](NCCOc2ccccc2)C1. The lowest BCUT2D eigenvalue weighted by Crippen LogP contribution is -2.41. The van der Waals surface area contributed by atoms with Crippen LogP contribution < -0.4 is 10.1 Å². The number of hydrogen-bond donors (Lipinski definition) is 2. The van der Waals surface area contributed by atoms with E-state index in [1.54, 1.807) is 0 Å². The molecule has 1 amide bonds. The molecule has 2 N–H and O–H groups in total. The molecule has 1 fully saturated rings. The normalized spacial score (nSPS) is 21.3. The van der Waals surface area contributed by atoms with Crippen molar-refractivity contribution in [3.05, 3.63) is 30.3 Å². The molecule has 23 heavy (non-hydrogen) atoms. The summed E-state index contributed by atoms with van der Waals surface area (Å²) >= 11 is 0. The number of hydrogen-bond acceptors (Lipinski definition) is 5. The third-order valence-electron chi connectivity index (χ3n) is 3.46. The summed E-state index contributed by atoms with van der Waals surface area (Å²) in [5.41, 5.74) is -0.531. The van der Waals surface area contributed by atoms with Crippen LogP contribution in [0.1, 0.15) is 20.8 Å². The molecular formula is C17H26N2O4. The highest BCUT2D eigenvalue weighted by molar-refractivity contribution is 5.68. The number of nitrogens with one attached hydrogen (secondary N) is 1. The van der Waals surface area contributed by atoms with Crippen molar-refractivity contribution < 1.29 is 19.4 Å². The Morgan fingerprint density at radius 3 is 2.65 bits per heavy atom. The lowest BCUT2D eigenvalue weighted by Gasteiger charge is -2.24. The van der Waals surface area contributed by atoms with E-state index in [9.17, 15) is 9.90 Å². The number of aliphatic hydroxyl groups excluding tert-OH is 1. The van der Waals surface area contributed by atoms with Crippen molar-refractivity contribution >= 4 is 6.09 Å². The van der Waals surface area contributed by atoms with Crippen LogP contribution in [0.3, 0.4) is 0 Å². The van der Waals surface area contributed by atoms with Gasteiger partial charge in [-0.15, -0.1) is 0 Å². The molecule has 0 aromatic heterocycles. The number of likely N-dealkylation sites (tertiary alicyclic amines) is 1. The van der Waals surface area contributed by atoms with Gasteiger partial charge in [0, 0.05) is 13.1 Å². The van der Waals surface area contributed by atoms with Gasteiger partial charge in [0.15, 0.2) is 0 Å². The third kappa shape index (κ3) is 5.73. The van der Waals surface area contributed by atoms with E-state index < -0.39 is 11.7 Å². The molecule has 0 spiro atoms. The fourth-order valence-electron chi connectivity index (χ4n) is 2.39. The first-order valence-electron chi connectivity index (χ1n) is 7.92. The van der Waals surface area contributed by atoms with Gasteiger partial charge in [-0.1, -0.05) is 18.2 Å². The zero-order valence-electron chi connectivity index (χ0n) is 14.0. The largest absolute Gasteiger partial charge is 0.492 e. The molecule has 1 aliphatic heterocycles. The summed E-state index contributed by atoms with van der Waals surface area (Å²) in [4.78, 5) is 13.5. The average molecular weight is 322 g/mol. The maximum atomic E-state index is 12.0. The maximum absolute atomic E-state index is 12.0. The Hall–Kier alpha value is -1.79. The van der Waals surface area contributed by atoms with E-state index in [0.29, 0.717) is 19.7 Å². The standard InChI is InChI=1S/C17H26N2O4/c1-17(2,3)23-16(21)19-11-14(15(20)12-19)18-9-10-22-13-7-5-4-6-8-13/h4-8,14-15,18,20H,9-12H2,1-3H3/t14-,15-/m1/s1. The lowest BCUT2D eigenvalue weighted by atomic mass is 10.2. The minimum Gasteiger partial charge on any atom is -0.492 e. The monoisotopic (exact) mass is 322 g/mol. The fourth-order valence-corrected chi connectivity index (χ4v) is 2.39. The van der Waals surface area contributed by atoms with Gasteiger partial charge >= 0.3 is 6.09 Å². The van der Waals surface area contributed by atoms with E-state index in [0.717, 1.165) is 5.75 Å². The van der Waals surface area contributed by atoms with E-state index in [1.165, 1.54) is 4.90 Å². The molecule has 0 aliphatic carbocycles. The van der Waals surface area contributed by atoms with Gasteiger partial charge in [-0.25, -0.2) is 4.79 Å². The van der Waals surface area contributed by atoms with Crippen LogP contribution >= 0.6 is 0 Å². The van der Waals surface area contributed by atoms with Crippen molar-refractivity contribution in [2.75, 3.05) is 26.2 Å². The summed E-state index contributed by atoms with van der Waals surface area (Å²) in [6, 6.07) is 9.40. The minimum atomic E-state index is -0.598. The van der Waals surface area contributed by atoms with Crippen LogP contribution in [-0.4, -0.2) is 60.1 Å². The second-order valence-corrected chi connectivity index (χ2v) is 6.67. The molecule has 6 heteroatoms. The third-order valence-corrected chi connectivity index (χ3v) is 3.46. The van der Waals surface area contributed by atoms with Crippen LogP contribution in [0.15, 0.2) is 30.3 Å². The number of ether oxygens (including phenoxy) is 2. The van der Waals surface area contributed by atoms with Crippen LogP contribution in [0.5, 0.6) is 5.75 Å². The van der Waals surface area contributed by atoms with E-state index >= 15 is 0 Å². The highest BCUT2D eigenvalue weighted by atomic mass is 16.6. The molecular weight excluding hydrogens is 296 g/mol. The number of nitrogens with zero attached hydrogens (tertiary/aromatic N) is 1. The number of amides is 1. The summed E-state index contributed by atoms with van der Waals surface area (Å²) in [6.45, 7) is 7.29. The number of para-hydroxylation sites is 1. The molecule has 2 atom stereocenters. The summed E-state index contributed by atoms with van der Waals surface area (Å²) < 4.78 is 10.9. The van der Waals surface area contributed by atoms with Gasteiger partial charge in [0.1, 0.15) is 18.0 Å². The molecule has 0 bridgehead atoms. The Morgan fingerprint density at radius 1 is 1.30 bits per heavy atom. The first kappa shape index (κ1) is 17.6. The van der Waals surface area contributed by atoms with Crippen molar-refractivity contribution in [1.82, 2.24) is 10.2 Å². The van der Waals surface area contributed by atoms with E-state index in [2.05, 4.69) is 5.32 Å². The van der Waals surface area contributed by atoms with Crippen molar-refractivity contribution in [3.63, 3.8) is 0 Å². The quantitative estimate of drug-likeness (QED) is 0.807. The van der Waals surface area contributed by atoms with Crippen molar-refractivity contribution in [1.29, 1.82) is 0 Å². The highest BCUT2D eigenvalue weighted by Gasteiger charge is 2.35. The number of rotatable bonds is 5. The number of carbonyl (C=O) groups is 1. The molecule has 1 aromatic rings. The number of β-amino-alcohol motifs (C(OH)–C–C–N with tert-alkyl or cyclic N) is 1. The van der Waals surface area contributed by atoms with Gasteiger partial charge in [0.05, 0.1) is 18.7 Å². The zero-order chi connectivity index (χ0) is 16.9. The van der Waals surface area contributed by atoms with E-state index in [1.807, 2.05) is 51.1 Å². The Labute approximate surface area is 137 Å². The molecule has 0 unspecified atom stereocenters. The predicted molar refractivity (Wildman–Crippen MR) is 87.5 cm³/mol. The number of benzene rings is 1. The number of carbonyl (C=O) groups excluding carboxylic acids is 1. The molecule has 1 saturated heterocycles. The molecule has 2 rings (SSSR count). The Balaban J connectivity index is 1.71. The van der Waals surface area contributed by atoms with Crippen LogP contribution in [0.4, 0.5) is 4.79 Å². The van der Waals surface area contributed by atoms with Crippen LogP contribution in [-0.2, 0) is 4.74 Å². The van der Waals surface area contributed by atoms with E-state index in [-0.39, 0.29) is 18.7 Å². The molecule has 1 heterocycles. The topological polar surface area (TPSA) is 71.0 Å². The summed E-state index contributed by atoms with van der Waals surface area (Å²) in [7, 11) is 0.